The molecule has 0 rings (SSSR count). The molecule has 24 heavy (non-hydrogen) atoms. The van der Waals surface area contributed by atoms with Crippen LogP contribution in [0.4, 0.5) is 17.6 Å². The van der Waals surface area contributed by atoms with E-state index in [0.29, 0.717) is 12.8 Å². The van der Waals surface area contributed by atoms with Crippen LogP contribution in [0.2, 0.25) is 0 Å². The topological polar surface area (TPSA) is 52.6 Å². The average molecular weight is 354 g/mol. The fourth-order valence-corrected chi connectivity index (χ4v) is 1.51. The Morgan fingerprint density at radius 2 is 1.71 bits per heavy atom. The second-order valence-electron chi connectivity index (χ2n) is 5.51. The van der Waals surface area contributed by atoms with Crippen molar-refractivity contribution in [2.75, 3.05) is 6.61 Å². The number of halogens is 4. The molecule has 1 unspecified atom stereocenters. The van der Waals surface area contributed by atoms with Gasteiger partial charge in [0.05, 0.1) is 12.8 Å². The van der Waals surface area contributed by atoms with Gasteiger partial charge in [-0.25, -0.2) is 8.78 Å². The Labute approximate surface area is 138 Å². The molecule has 0 heterocycles. The minimum Gasteiger partial charge on any atom is -0.459 e. The van der Waals surface area contributed by atoms with Crippen LogP contribution >= 0.6 is 0 Å². The number of carbonyl (C=O) groups excluding carboxylic acids is 2. The normalized spacial score (nSPS) is 12.5. The maximum absolute atomic E-state index is 12.6. The largest absolute Gasteiger partial charge is 0.459 e. The van der Waals surface area contributed by atoms with E-state index in [9.17, 15) is 27.2 Å². The number of hydrogen-bond donors (Lipinski definition) is 0. The van der Waals surface area contributed by atoms with Crippen LogP contribution in [-0.2, 0) is 19.1 Å². The first-order valence-electron chi connectivity index (χ1n) is 7.58. The van der Waals surface area contributed by atoms with Crippen LogP contribution < -0.4 is 0 Å². The predicted octanol–water partition coefficient (Wildman–Crippen LogP) is 3.58. The van der Waals surface area contributed by atoms with Crippen molar-refractivity contribution >= 4 is 11.9 Å². The van der Waals surface area contributed by atoms with E-state index in [-0.39, 0.29) is 5.92 Å². The Hall–Kier alpha value is -1.78. The summed E-state index contributed by atoms with van der Waals surface area (Å²) < 4.78 is 58.1. The predicted molar refractivity (Wildman–Crippen MR) is 78.5 cm³/mol. The van der Waals surface area contributed by atoms with Crippen LogP contribution in [-0.4, -0.2) is 37.0 Å². The Balaban J connectivity index is 4.29. The maximum atomic E-state index is 12.6. The molecule has 0 aromatic carbocycles. The highest BCUT2D eigenvalue weighted by molar-refractivity contribution is 5.77. The molecule has 0 aromatic rings. The highest BCUT2D eigenvalue weighted by atomic mass is 19.3. The van der Waals surface area contributed by atoms with Gasteiger partial charge in [0, 0.05) is 6.42 Å². The van der Waals surface area contributed by atoms with E-state index in [1.807, 2.05) is 20.8 Å². The van der Waals surface area contributed by atoms with Crippen molar-refractivity contribution in [1.82, 2.24) is 0 Å². The van der Waals surface area contributed by atoms with Crippen molar-refractivity contribution in [2.24, 2.45) is 5.92 Å². The van der Waals surface area contributed by atoms with Crippen LogP contribution in [0.25, 0.3) is 0 Å². The molecule has 1 atom stereocenters. The number of carbonyl (C=O) groups is 2. The fraction of sp³-hybridized carbons (Fsp3) is 0.750. The molecule has 0 fully saturated rings. The van der Waals surface area contributed by atoms with Gasteiger partial charge in [-0.3, -0.25) is 9.59 Å². The van der Waals surface area contributed by atoms with Gasteiger partial charge in [-0.05, 0) is 12.3 Å². The number of alkyl halides is 4. The fourth-order valence-electron chi connectivity index (χ4n) is 1.51. The first-order chi connectivity index (χ1) is 11.1. The third-order valence-corrected chi connectivity index (χ3v) is 2.68. The van der Waals surface area contributed by atoms with Gasteiger partial charge in [0.1, 0.15) is 0 Å². The number of hydrogen-bond acceptors (Lipinski definition) is 4. The van der Waals surface area contributed by atoms with E-state index in [0.717, 1.165) is 0 Å². The van der Waals surface area contributed by atoms with Gasteiger partial charge < -0.3 is 9.47 Å². The Kier molecular flexibility index (Phi) is 10.1. The molecule has 0 spiro atoms. The Morgan fingerprint density at radius 3 is 2.21 bits per heavy atom. The summed E-state index contributed by atoms with van der Waals surface area (Å²) in [6.07, 6.45) is -4.36. The van der Waals surface area contributed by atoms with Gasteiger partial charge >= 0.3 is 24.3 Å². The highest BCUT2D eigenvalue weighted by Crippen LogP contribution is 2.23. The third-order valence-electron chi connectivity index (χ3n) is 2.68. The maximum Gasteiger partial charge on any atom is 0.340 e. The lowest BCUT2D eigenvalue weighted by atomic mass is 10.1. The number of esters is 2. The molecule has 0 aliphatic heterocycles. The average Bonchev–Trinajstić information content (AvgIpc) is 2.47. The van der Waals surface area contributed by atoms with Crippen LogP contribution in [0.3, 0.4) is 0 Å². The standard InChI is InChI=1S/C16H22F4O4/c1-4-5-6-12(9-11(2)3)24-14(22)8-7-13(21)23-10-16(19,20)15(17)18/h11-12,15H,4,7-10H2,1-3H3. The summed E-state index contributed by atoms with van der Waals surface area (Å²) in [5.41, 5.74) is 0. The minimum atomic E-state index is -4.41. The summed E-state index contributed by atoms with van der Waals surface area (Å²) in [6, 6.07) is 0. The molecule has 138 valence electrons. The molecular weight excluding hydrogens is 332 g/mol. The molecule has 0 aliphatic rings. The van der Waals surface area contributed by atoms with E-state index in [4.69, 9.17) is 4.74 Å². The zero-order chi connectivity index (χ0) is 18.8. The van der Waals surface area contributed by atoms with E-state index in [1.54, 1.807) is 0 Å². The highest BCUT2D eigenvalue weighted by Gasteiger charge is 2.42. The van der Waals surface area contributed by atoms with E-state index in [1.165, 1.54) is 0 Å². The monoisotopic (exact) mass is 354 g/mol. The zero-order valence-electron chi connectivity index (χ0n) is 13.9. The van der Waals surface area contributed by atoms with Gasteiger partial charge in [0.25, 0.3) is 0 Å². The molecule has 8 heteroatoms. The summed E-state index contributed by atoms with van der Waals surface area (Å²) in [5, 5.41) is 0. The number of ether oxygens (including phenoxy) is 2. The summed E-state index contributed by atoms with van der Waals surface area (Å²) in [7, 11) is 0. The van der Waals surface area contributed by atoms with Gasteiger partial charge in [-0.2, -0.15) is 8.78 Å². The van der Waals surface area contributed by atoms with Gasteiger partial charge in [-0.15, -0.1) is 0 Å². The van der Waals surface area contributed by atoms with Crippen LogP contribution in [0.5, 0.6) is 0 Å². The Bertz CT molecular complexity index is 466. The number of rotatable bonds is 9. The minimum absolute atomic E-state index is 0.232. The third kappa shape index (κ3) is 10.1. The first-order valence-corrected chi connectivity index (χ1v) is 7.58. The molecular formula is C16H22F4O4. The van der Waals surface area contributed by atoms with Crippen LogP contribution in [0, 0.1) is 17.8 Å². The van der Waals surface area contributed by atoms with Gasteiger partial charge in [0.15, 0.2) is 12.7 Å². The molecule has 4 nitrogen and oxygen atoms in total. The molecule has 0 aliphatic carbocycles. The molecule has 0 saturated carbocycles. The van der Waals surface area contributed by atoms with Crippen LogP contribution in [0.1, 0.15) is 46.5 Å². The molecule has 0 N–H and O–H groups in total. The second-order valence-corrected chi connectivity index (χ2v) is 5.51. The van der Waals surface area contributed by atoms with E-state index < -0.39 is 49.8 Å². The SMILES string of the molecule is CCC#CC(CC(C)C)OC(=O)CCC(=O)OCC(F)(F)C(F)F. The molecule has 0 bridgehead atoms. The van der Waals surface area contributed by atoms with Crippen LogP contribution in [0.15, 0.2) is 0 Å². The first kappa shape index (κ1) is 22.2. The lowest BCUT2D eigenvalue weighted by molar-refractivity contribution is -0.180. The summed E-state index contributed by atoms with van der Waals surface area (Å²) in [6.45, 7) is 3.97. The molecule has 0 saturated heterocycles. The lowest BCUT2D eigenvalue weighted by Crippen LogP contribution is -2.33. The van der Waals surface area contributed by atoms with E-state index in [2.05, 4.69) is 16.6 Å². The second kappa shape index (κ2) is 10.9. The van der Waals surface area contributed by atoms with Crippen molar-refractivity contribution in [3.63, 3.8) is 0 Å². The van der Waals surface area contributed by atoms with Crippen molar-refractivity contribution in [3.05, 3.63) is 0 Å². The van der Waals surface area contributed by atoms with Crippen molar-refractivity contribution in [1.29, 1.82) is 0 Å². The van der Waals surface area contributed by atoms with Gasteiger partial charge in [0.2, 0.25) is 0 Å². The molecule has 0 radical (unpaired) electrons. The van der Waals surface area contributed by atoms with Gasteiger partial charge in [-0.1, -0.05) is 32.6 Å². The lowest BCUT2D eigenvalue weighted by Gasteiger charge is -2.16. The summed E-state index contributed by atoms with van der Waals surface area (Å²) >= 11 is 0. The quantitative estimate of drug-likeness (QED) is 0.361. The molecule has 0 aromatic heterocycles. The summed E-state index contributed by atoms with van der Waals surface area (Å²) in [5.74, 6) is -0.500. The molecule has 0 amide bonds. The zero-order valence-corrected chi connectivity index (χ0v) is 13.9. The van der Waals surface area contributed by atoms with E-state index >= 15 is 0 Å². The van der Waals surface area contributed by atoms with Crippen molar-refractivity contribution in [2.45, 2.75) is 64.9 Å². The smallest absolute Gasteiger partial charge is 0.340 e. The summed E-state index contributed by atoms with van der Waals surface area (Å²) in [4.78, 5) is 22.9. The Morgan fingerprint density at radius 1 is 1.12 bits per heavy atom. The van der Waals surface area contributed by atoms with Crippen molar-refractivity contribution in [3.8, 4) is 11.8 Å². The van der Waals surface area contributed by atoms with Crippen molar-refractivity contribution < 1.29 is 36.6 Å².